The highest BCUT2D eigenvalue weighted by Crippen LogP contribution is 2.19. The van der Waals surface area contributed by atoms with Gasteiger partial charge in [-0.1, -0.05) is 36.7 Å². The summed E-state index contributed by atoms with van der Waals surface area (Å²) in [5, 5.41) is 4.88. The van der Waals surface area contributed by atoms with Gasteiger partial charge in [-0.15, -0.1) is 0 Å². The molecule has 0 radical (unpaired) electrons. The molecule has 0 aliphatic rings. The van der Waals surface area contributed by atoms with Crippen molar-refractivity contribution in [3.8, 4) is 0 Å². The minimum Gasteiger partial charge on any atom is -0.360 e. The Kier molecular flexibility index (Phi) is 4.34. The molecule has 0 saturated carbocycles. The maximum absolute atomic E-state index is 6.10. The predicted molar refractivity (Wildman–Crippen MR) is 72.9 cm³/mol. The summed E-state index contributed by atoms with van der Waals surface area (Å²) < 4.78 is 4.31. The van der Waals surface area contributed by atoms with Crippen LogP contribution in [0.5, 0.6) is 0 Å². The standard InChI is InChI=1S/C12H14ClN3S/c1-2-7-14-12-15-11(16-17-12)8-9-5-3-4-6-10(9)13/h3-6H,2,7-8H2,1H3,(H,14,15,16). The third kappa shape index (κ3) is 3.41. The summed E-state index contributed by atoms with van der Waals surface area (Å²) in [6, 6.07) is 7.79. The third-order valence-corrected chi connectivity index (χ3v) is 3.38. The average molecular weight is 268 g/mol. The minimum absolute atomic E-state index is 0.685. The number of rotatable bonds is 5. The molecule has 0 bridgehead atoms. The lowest BCUT2D eigenvalue weighted by atomic mass is 10.1. The summed E-state index contributed by atoms with van der Waals surface area (Å²) >= 11 is 7.50. The number of nitrogens with zero attached hydrogens (tertiary/aromatic N) is 2. The molecular formula is C12H14ClN3S. The normalized spacial score (nSPS) is 10.5. The van der Waals surface area contributed by atoms with E-state index in [0.717, 1.165) is 34.5 Å². The fourth-order valence-corrected chi connectivity index (χ4v) is 2.25. The van der Waals surface area contributed by atoms with Gasteiger partial charge in [0, 0.05) is 29.5 Å². The maximum atomic E-state index is 6.10. The van der Waals surface area contributed by atoms with Crippen molar-refractivity contribution in [1.82, 2.24) is 9.36 Å². The summed E-state index contributed by atoms with van der Waals surface area (Å²) in [6.07, 6.45) is 1.77. The van der Waals surface area contributed by atoms with Gasteiger partial charge in [0.1, 0.15) is 5.82 Å². The van der Waals surface area contributed by atoms with E-state index in [1.165, 1.54) is 11.5 Å². The van der Waals surface area contributed by atoms with Gasteiger partial charge in [0.05, 0.1) is 0 Å². The van der Waals surface area contributed by atoms with Gasteiger partial charge in [0.15, 0.2) is 0 Å². The Morgan fingerprint density at radius 3 is 2.94 bits per heavy atom. The van der Waals surface area contributed by atoms with Crippen LogP contribution in [-0.2, 0) is 6.42 Å². The van der Waals surface area contributed by atoms with Gasteiger partial charge in [-0.2, -0.15) is 4.37 Å². The van der Waals surface area contributed by atoms with Crippen molar-refractivity contribution in [3.05, 3.63) is 40.7 Å². The molecule has 0 aliphatic carbocycles. The largest absolute Gasteiger partial charge is 0.360 e. The van der Waals surface area contributed by atoms with Gasteiger partial charge < -0.3 is 5.32 Å². The van der Waals surface area contributed by atoms with Crippen molar-refractivity contribution < 1.29 is 0 Å². The maximum Gasteiger partial charge on any atom is 0.202 e. The lowest BCUT2D eigenvalue weighted by Crippen LogP contribution is -1.99. The number of aromatic nitrogens is 2. The third-order valence-electron chi connectivity index (χ3n) is 2.30. The topological polar surface area (TPSA) is 37.8 Å². The van der Waals surface area contributed by atoms with Crippen molar-refractivity contribution >= 4 is 28.3 Å². The van der Waals surface area contributed by atoms with E-state index in [4.69, 9.17) is 11.6 Å². The van der Waals surface area contributed by atoms with Crippen LogP contribution in [0, 0.1) is 0 Å². The fraction of sp³-hybridized carbons (Fsp3) is 0.333. The first-order chi connectivity index (χ1) is 8.29. The molecule has 1 aromatic heterocycles. The molecule has 0 fully saturated rings. The van der Waals surface area contributed by atoms with Crippen LogP contribution < -0.4 is 5.32 Å². The van der Waals surface area contributed by atoms with E-state index in [9.17, 15) is 0 Å². The van der Waals surface area contributed by atoms with E-state index in [-0.39, 0.29) is 0 Å². The van der Waals surface area contributed by atoms with Crippen molar-refractivity contribution in [2.45, 2.75) is 19.8 Å². The smallest absolute Gasteiger partial charge is 0.202 e. The van der Waals surface area contributed by atoms with Crippen LogP contribution in [0.4, 0.5) is 5.13 Å². The van der Waals surface area contributed by atoms with Gasteiger partial charge in [-0.25, -0.2) is 4.98 Å². The zero-order valence-corrected chi connectivity index (χ0v) is 11.2. The number of nitrogens with one attached hydrogen (secondary N) is 1. The van der Waals surface area contributed by atoms with E-state index in [1.54, 1.807) is 0 Å². The fourth-order valence-electron chi connectivity index (χ4n) is 1.44. The second kappa shape index (κ2) is 5.98. The lowest BCUT2D eigenvalue weighted by molar-refractivity contribution is 0.966. The summed E-state index contributed by atoms with van der Waals surface area (Å²) in [7, 11) is 0. The molecule has 0 amide bonds. The van der Waals surface area contributed by atoms with Crippen LogP contribution in [0.3, 0.4) is 0 Å². The molecule has 2 aromatic rings. The van der Waals surface area contributed by atoms with Crippen LogP contribution in [0.15, 0.2) is 24.3 Å². The Morgan fingerprint density at radius 2 is 2.18 bits per heavy atom. The molecule has 5 heteroatoms. The molecule has 0 saturated heterocycles. The first kappa shape index (κ1) is 12.3. The van der Waals surface area contributed by atoms with Crippen molar-refractivity contribution in [2.24, 2.45) is 0 Å². The van der Waals surface area contributed by atoms with E-state index < -0.39 is 0 Å². The van der Waals surface area contributed by atoms with Gasteiger partial charge in [-0.05, 0) is 18.1 Å². The van der Waals surface area contributed by atoms with Crippen LogP contribution in [0.25, 0.3) is 0 Å². The van der Waals surface area contributed by atoms with Crippen LogP contribution in [-0.4, -0.2) is 15.9 Å². The summed E-state index contributed by atoms with van der Waals surface area (Å²) in [5.41, 5.74) is 1.06. The SMILES string of the molecule is CCCNc1nc(Cc2ccccc2Cl)ns1. The van der Waals surface area contributed by atoms with Crippen LogP contribution >= 0.6 is 23.1 Å². The Labute approximate surface area is 110 Å². The highest BCUT2D eigenvalue weighted by molar-refractivity contribution is 7.09. The highest BCUT2D eigenvalue weighted by Gasteiger charge is 2.06. The second-order valence-corrected chi connectivity index (χ2v) is 4.87. The molecule has 0 unspecified atom stereocenters. The molecule has 1 N–H and O–H groups in total. The van der Waals surface area contributed by atoms with Crippen molar-refractivity contribution in [1.29, 1.82) is 0 Å². The Bertz CT molecular complexity index is 484. The van der Waals surface area contributed by atoms with Crippen molar-refractivity contribution in [2.75, 3.05) is 11.9 Å². The van der Waals surface area contributed by atoms with Gasteiger partial charge in [0.2, 0.25) is 5.13 Å². The summed E-state index contributed by atoms with van der Waals surface area (Å²) in [5.74, 6) is 0.821. The Hall–Kier alpha value is -1.13. The van der Waals surface area contributed by atoms with E-state index in [2.05, 4.69) is 21.6 Å². The Morgan fingerprint density at radius 1 is 1.35 bits per heavy atom. The van der Waals surface area contributed by atoms with E-state index in [1.807, 2.05) is 24.3 Å². The molecule has 17 heavy (non-hydrogen) atoms. The first-order valence-corrected chi connectivity index (χ1v) is 6.74. The molecule has 0 spiro atoms. The number of anilines is 1. The van der Waals surface area contributed by atoms with Crippen molar-refractivity contribution in [3.63, 3.8) is 0 Å². The average Bonchev–Trinajstić information content (AvgIpc) is 2.77. The second-order valence-electron chi connectivity index (χ2n) is 3.71. The van der Waals surface area contributed by atoms with E-state index >= 15 is 0 Å². The molecular weight excluding hydrogens is 254 g/mol. The predicted octanol–water partition coefficient (Wildman–Crippen LogP) is 3.60. The van der Waals surface area contributed by atoms with Crippen LogP contribution in [0.1, 0.15) is 24.7 Å². The molecule has 0 atom stereocenters. The van der Waals surface area contributed by atoms with Gasteiger partial charge >= 0.3 is 0 Å². The van der Waals surface area contributed by atoms with E-state index in [0.29, 0.717) is 6.42 Å². The lowest BCUT2D eigenvalue weighted by Gasteiger charge is -2.00. The number of hydrogen-bond donors (Lipinski definition) is 1. The zero-order chi connectivity index (χ0) is 12.1. The molecule has 1 aromatic carbocycles. The first-order valence-electron chi connectivity index (χ1n) is 5.59. The quantitative estimate of drug-likeness (QED) is 0.899. The van der Waals surface area contributed by atoms with Crippen LogP contribution in [0.2, 0.25) is 5.02 Å². The number of hydrogen-bond acceptors (Lipinski definition) is 4. The highest BCUT2D eigenvalue weighted by atomic mass is 35.5. The monoisotopic (exact) mass is 267 g/mol. The summed E-state index contributed by atoms with van der Waals surface area (Å²) in [4.78, 5) is 4.42. The molecule has 3 nitrogen and oxygen atoms in total. The molecule has 90 valence electrons. The van der Waals surface area contributed by atoms with Gasteiger partial charge in [0.25, 0.3) is 0 Å². The molecule has 0 aliphatic heterocycles. The summed E-state index contributed by atoms with van der Waals surface area (Å²) in [6.45, 7) is 3.05. The molecule has 1 heterocycles. The number of halogens is 1. The zero-order valence-electron chi connectivity index (χ0n) is 9.61. The Balaban J connectivity index is 2.04. The van der Waals surface area contributed by atoms with Gasteiger partial charge in [-0.3, -0.25) is 0 Å². The molecule has 2 rings (SSSR count). The number of benzene rings is 1. The minimum atomic E-state index is 0.685.